The molecule has 1 aromatic rings. The van der Waals surface area contributed by atoms with E-state index in [9.17, 15) is 13.2 Å². The summed E-state index contributed by atoms with van der Waals surface area (Å²) in [5, 5.41) is 8.93. The van der Waals surface area contributed by atoms with Crippen LogP contribution in [-0.2, 0) is 14.8 Å². The van der Waals surface area contributed by atoms with Crippen LogP contribution in [0.15, 0.2) is 23.1 Å². The van der Waals surface area contributed by atoms with Crippen molar-refractivity contribution in [3.8, 4) is 0 Å². The molecule has 0 aliphatic rings. The first-order valence-electron chi connectivity index (χ1n) is 6.80. The highest BCUT2D eigenvalue weighted by Crippen LogP contribution is 2.17. The first-order chi connectivity index (χ1) is 9.88. The molecule has 0 unspecified atom stereocenters. The maximum absolute atomic E-state index is 12.2. The Morgan fingerprint density at radius 3 is 2.67 bits per heavy atom. The summed E-state index contributed by atoms with van der Waals surface area (Å²) in [4.78, 5) is 10.9. The van der Waals surface area contributed by atoms with Crippen LogP contribution in [0.1, 0.15) is 35.7 Å². The van der Waals surface area contributed by atoms with E-state index in [-0.39, 0.29) is 17.0 Å². The normalized spacial score (nSPS) is 11.5. The lowest BCUT2D eigenvalue weighted by atomic mass is 10.1. The second-order valence-electron chi connectivity index (χ2n) is 4.65. The van der Waals surface area contributed by atoms with Crippen LogP contribution in [0.3, 0.4) is 0 Å². The van der Waals surface area contributed by atoms with Gasteiger partial charge in [0.15, 0.2) is 0 Å². The Hall–Kier alpha value is -1.44. The molecular formula is C14H21NO5S. The average Bonchev–Trinajstić information content (AvgIpc) is 2.42. The standard InChI is InChI=1S/C14H21NO5S/c1-3-8-20-9-4-7-15-21(18,19)13-10-12(14(16)17)6-5-11(13)2/h5-6,10,15H,3-4,7-9H2,1-2H3,(H,16,17). The van der Waals surface area contributed by atoms with Crippen LogP contribution < -0.4 is 4.72 Å². The third-order valence-electron chi connectivity index (χ3n) is 2.83. The fourth-order valence-electron chi connectivity index (χ4n) is 1.73. The molecule has 0 fully saturated rings. The third-order valence-corrected chi connectivity index (χ3v) is 4.43. The Labute approximate surface area is 125 Å². The number of rotatable bonds is 9. The van der Waals surface area contributed by atoms with Gasteiger partial charge < -0.3 is 9.84 Å². The Morgan fingerprint density at radius 1 is 1.33 bits per heavy atom. The van der Waals surface area contributed by atoms with E-state index in [0.717, 1.165) is 6.42 Å². The van der Waals surface area contributed by atoms with Gasteiger partial charge in [-0.25, -0.2) is 17.9 Å². The van der Waals surface area contributed by atoms with Crippen LogP contribution >= 0.6 is 0 Å². The lowest BCUT2D eigenvalue weighted by molar-refractivity contribution is 0.0696. The minimum Gasteiger partial charge on any atom is -0.478 e. The molecule has 21 heavy (non-hydrogen) atoms. The van der Waals surface area contributed by atoms with E-state index in [0.29, 0.717) is 25.2 Å². The SMILES string of the molecule is CCCOCCCNS(=O)(=O)c1cc(C(=O)O)ccc1C. The van der Waals surface area contributed by atoms with E-state index in [1.807, 2.05) is 6.92 Å². The van der Waals surface area contributed by atoms with Gasteiger partial charge in [-0.3, -0.25) is 0 Å². The zero-order chi connectivity index (χ0) is 15.9. The van der Waals surface area contributed by atoms with Crippen LogP contribution in [0.5, 0.6) is 0 Å². The number of benzene rings is 1. The van der Waals surface area contributed by atoms with Gasteiger partial charge in [-0.2, -0.15) is 0 Å². The molecule has 0 atom stereocenters. The second kappa shape index (κ2) is 8.11. The monoisotopic (exact) mass is 315 g/mol. The first-order valence-corrected chi connectivity index (χ1v) is 8.28. The van der Waals surface area contributed by atoms with E-state index < -0.39 is 16.0 Å². The number of carboxylic acids is 1. The summed E-state index contributed by atoms with van der Waals surface area (Å²) in [6.07, 6.45) is 1.49. The number of ether oxygens (including phenoxy) is 1. The van der Waals surface area contributed by atoms with Crippen LogP contribution in [-0.4, -0.2) is 39.3 Å². The van der Waals surface area contributed by atoms with Crippen molar-refractivity contribution in [2.75, 3.05) is 19.8 Å². The predicted molar refractivity (Wildman–Crippen MR) is 79.1 cm³/mol. The number of aromatic carboxylic acids is 1. The quantitative estimate of drug-likeness (QED) is 0.678. The van der Waals surface area contributed by atoms with Gasteiger partial charge in [0.05, 0.1) is 10.5 Å². The summed E-state index contributed by atoms with van der Waals surface area (Å²) in [5.41, 5.74) is 0.460. The topological polar surface area (TPSA) is 92.7 Å². The minimum absolute atomic E-state index is 0.00289. The number of aryl methyl sites for hydroxylation is 1. The van der Waals surface area contributed by atoms with E-state index >= 15 is 0 Å². The van der Waals surface area contributed by atoms with Crippen LogP contribution in [0.4, 0.5) is 0 Å². The van der Waals surface area contributed by atoms with E-state index in [1.54, 1.807) is 6.92 Å². The van der Waals surface area contributed by atoms with Gasteiger partial charge in [0, 0.05) is 19.8 Å². The maximum atomic E-state index is 12.2. The van der Waals surface area contributed by atoms with Crippen LogP contribution in [0, 0.1) is 6.92 Å². The molecule has 0 saturated carbocycles. The summed E-state index contributed by atoms with van der Waals surface area (Å²) >= 11 is 0. The summed E-state index contributed by atoms with van der Waals surface area (Å²) in [6.45, 7) is 5.03. The number of sulfonamides is 1. The Balaban J connectivity index is 2.70. The van der Waals surface area contributed by atoms with Crippen molar-refractivity contribution in [2.24, 2.45) is 0 Å². The minimum atomic E-state index is -3.71. The second-order valence-corrected chi connectivity index (χ2v) is 6.38. The molecule has 7 heteroatoms. The van der Waals surface area contributed by atoms with Crippen molar-refractivity contribution in [3.63, 3.8) is 0 Å². The van der Waals surface area contributed by atoms with Crippen molar-refractivity contribution in [3.05, 3.63) is 29.3 Å². The lowest BCUT2D eigenvalue weighted by Crippen LogP contribution is -2.26. The number of nitrogens with one attached hydrogen (secondary N) is 1. The van der Waals surface area contributed by atoms with Crippen molar-refractivity contribution in [1.82, 2.24) is 4.72 Å². The van der Waals surface area contributed by atoms with Gasteiger partial charge in [-0.15, -0.1) is 0 Å². The van der Waals surface area contributed by atoms with Crippen LogP contribution in [0.25, 0.3) is 0 Å². The summed E-state index contributed by atoms with van der Waals surface area (Å²) in [5.74, 6) is -1.15. The Kier molecular flexibility index (Phi) is 6.80. The highest BCUT2D eigenvalue weighted by atomic mass is 32.2. The van der Waals surface area contributed by atoms with Gasteiger partial charge >= 0.3 is 5.97 Å². The lowest BCUT2D eigenvalue weighted by Gasteiger charge is -2.10. The number of hydrogen-bond acceptors (Lipinski definition) is 4. The molecule has 0 aromatic heterocycles. The molecule has 0 amide bonds. The molecule has 0 bridgehead atoms. The fraction of sp³-hybridized carbons (Fsp3) is 0.500. The molecule has 0 heterocycles. The fourth-order valence-corrected chi connectivity index (χ4v) is 3.07. The van der Waals surface area contributed by atoms with E-state index in [1.165, 1.54) is 18.2 Å². The molecule has 6 nitrogen and oxygen atoms in total. The molecule has 2 N–H and O–H groups in total. The predicted octanol–water partition coefficient (Wildman–Crippen LogP) is 1.79. The van der Waals surface area contributed by atoms with Gasteiger partial charge in [-0.05, 0) is 37.5 Å². The maximum Gasteiger partial charge on any atom is 0.335 e. The molecule has 0 aliphatic carbocycles. The Morgan fingerprint density at radius 2 is 2.05 bits per heavy atom. The molecule has 118 valence electrons. The van der Waals surface area contributed by atoms with Crippen molar-refractivity contribution >= 4 is 16.0 Å². The number of hydrogen-bond donors (Lipinski definition) is 2. The van der Waals surface area contributed by atoms with Gasteiger partial charge in [0.25, 0.3) is 0 Å². The van der Waals surface area contributed by atoms with E-state index in [2.05, 4.69) is 4.72 Å². The molecule has 0 aliphatic heterocycles. The van der Waals surface area contributed by atoms with Crippen molar-refractivity contribution in [1.29, 1.82) is 0 Å². The van der Waals surface area contributed by atoms with Crippen LogP contribution in [0.2, 0.25) is 0 Å². The van der Waals surface area contributed by atoms with Gasteiger partial charge in [0.2, 0.25) is 10.0 Å². The van der Waals surface area contributed by atoms with E-state index in [4.69, 9.17) is 9.84 Å². The average molecular weight is 315 g/mol. The Bertz CT molecular complexity index is 583. The number of carboxylic acid groups (broad SMARTS) is 1. The zero-order valence-electron chi connectivity index (χ0n) is 12.3. The molecule has 0 saturated heterocycles. The van der Waals surface area contributed by atoms with Gasteiger partial charge in [-0.1, -0.05) is 13.0 Å². The molecule has 0 radical (unpaired) electrons. The molecular weight excluding hydrogens is 294 g/mol. The largest absolute Gasteiger partial charge is 0.478 e. The molecule has 0 spiro atoms. The first kappa shape index (κ1) is 17.6. The van der Waals surface area contributed by atoms with Crippen molar-refractivity contribution < 1.29 is 23.1 Å². The third kappa shape index (κ3) is 5.45. The van der Waals surface area contributed by atoms with Gasteiger partial charge in [0.1, 0.15) is 0 Å². The summed E-state index contributed by atoms with van der Waals surface area (Å²) in [6, 6.07) is 4.05. The molecule has 1 rings (SSSR count). The number of carbonyl (C=O) groups is 1. The zero-order valence-corrected chi connectivity index (χ0v) is 13.1. The smallest absolute Gasteiger partial charge is 0.335 e. The highest BCUT2D eigenvalue weighted by Gasteiger charge is 2.18. The molecule has 1 aromatic carbocycles. The summed E-state index contributed by atoms with van der Waals surface area (Å²) in [7, 11) is -3.71. The van der Waals surface area contributed by atoms with Crippen molar-refractivity contribution in [2.45, 2.75) is 31.6 Å². The summed E-state index contributed by atoms with van der Waals surface area (Å²) < 4.78 is 32.1. The highest BCUT2D eigenvalue weighted by molar-refractivity contribution is 7.89.